The van der Waals surface area contributed by atoms with Gasteiger partial charge in [-0.05, 0) is 23.9 Å². The molecule has 0 amide bonds. The standard InChI is InChI=1S/C16H25BO3/c1-4-5-6-7-8-12-9-13(17(18)19)10-14-15(12)20-11-16(14,2)3/h9-10,18-19H,4-8,11H2,1-3H3. The highest BCUT2D eigenvalue weighted by Crippen LogP contribution is 2.40. The lowest BCUT2D eigenvalue weighted by molar-refractivity contribution is 0.289. The van der Waals surface area contributed by atoms with Gasteiger partial charge in [0, 0.05) is 11.0 Å². The van der Waals surface area contributed by atoms with E-state index in [-0.39, 0.29) is 5.41 Å². The summed E-state index contributed by atoms with van der Waals surface area (Å²) in [6.45, 7) is 7.13. The second kappa shape index (κ2) is 6.19. The van der Waals surface area contributed by atoms with Gasteiger partial charge in [-0.3, -0.25) is 0 Å². The summed E-state index contributed by atoms with van der Waals surface area (Å²) in [4.78, 5) is 0. The van der Waals surface area contributed by atoms with E-state index in [1.54, 1.807) is 0 Å². The fourth-order valence-electron chi connectivity index (χ4n) is 2.79. The minimum absolute atomic E-state index is 0.0571. The third kappa shape index (κ3) is 3.18. The lowest BCUT2D eigenvalue weighted by atomic mass is 9.75. The van der Waals surface area contributed by atoms with Crippen LogP contribution in [0.4, 0.5) is 0 Å². The van der Waals surface area contributed by atoms with Crippen LogP contribution in [0.5, 0.6) is 5.75 Å². The van der Waals surface area contributed by atoms with E-state index in [1.165, 1.54) is 19.3 Å². The molecule has 0 saturated heterocycles. The molecule has 1 aromatic carbocycles. The first-order chi connectivity index (χ1) is 9.45. The largest absolute Gasteiger partial charge is 0.492 e. The molecule has 0 spiro atoms. The van der Waals surface area contributed by atoms with Gasteiger partial charge in [-0.2, -0.15) is 0 Å². The van der Waals surface area contributed by atoms with Crippen molar-refractivity contribution in [1.29, 1.82) is 0 Å². The monoisotopic (exact) mass is 276 g/mol. The molecular weight excluding hydrogens is 251 g/mol. The maximum atomic E-state index is 9.47. The molecule has 0 aliphatic carbocycles. The molecule has 0 fully saturated rings. The predicted molar refractivity (Wildman–Crippen MR) is 82.6 cm³/mol. The van der Waals surface area contributed by atoms with Crippen LogP contribution in [0.25, 0.3) is 0 Å². The van der Waals surface area contributed by atoms with E-state index in [4.69, 9.17) is 4.74 Å². The van der Waals surface area contributed by atoms with E-state index in [1.807, 2.05) is 12.1 Å². The number of hydrogen-bond acceptors (Lipinski definition) is 3. The van der Waals surface area contributed by atoms with E-state index in [9.17, 15) is 10.0 Å². The van der Waals surface area contributed by atoms with Crippen molar-refractivity contribution in [2.75, 3.05) is 6.61 Å². The van der Waals surface area contributed by atoms with Gasteiger partial charge in [0.15, 0.2) is 0 Å². The Labute approximate surface area is 122 Å². The molecule has 3 nitrogen and oxygen atoms in total. The number of unbranched alkanes of at least 4 members (excludes halogenated alkanes) is 3. The molecule has 0 atom stereocenters. The van der Waals surface area contributed by atoms with Crippen LogP contribution in [0.2, 0.25) is 0 Å². The van der Waals surface area contributed by atoms with Gasteiger partial charge in [0.1, 0.15) is 5.75 Å². The van der Waals surface area contributed by atoms with Crippen LogP contribution in [-0.2, 0) is 11.8 Å². The van der Waals surface area contributed by atoms with Crippen molar-refractivity contribution in [3.8, 4) is 5.75 Å². The molecule has 20 heavy (non-hydrogen) atoms. The van der Waals surface area contributed by atoms with E-state index < -0.39 is 7.12 Å². The quantitative estimate of drug-likeness (QED) is 0.618. The van der Waals surface area contributed by atoms with Crippen molar-refractivity contribution < 1.29 is 14.8 Å². The zero-order chi connectivity index (χ0) is 14.8. The third-order valence-electron chi connectivity index (χ3n) is 4.09. The lowest BCUT2D eigenvalue weighted by Gasteiger charge is -2.17. The van der Waals surface area contributed by atoms with Crippen LogP contribution in [0.15, 0.2) is 12.1 Å². The first-order valence-corrected chi connectivity index (χ1v) is 7.62. The summed E-state index contributed by atoms with van der Waals surface area (Å²) in [6, 6.07) is 3.76. The van der Waals surface area contributed by atoms with Gasteiger partial charge < -0.3 is 14.8 Å². The maximum absolute atomic E-state index is 9.47. The molecule has 0 aromatic heterocycles. The molecule has 2 N–H and O–H groups in total. The van der Waals surface area contributed by atoms with Gasteiger partial charge in [-0.25, -0.2) is 0 Å². The van der Waals surface area contributed by atoms with Gasteiger partial charge in [0.05, 0.1) is 6.61 Å². The Morgan fingerprint density at radius 1 is 1.20 bits per heavy atom. The molecule has 0 unspecified atom stereocenters. The van der Waals surface area contributed by atoms with Gasteiger partial charge in [-0.15, -0.1) is 0 Å². The van der Waals surface area contributed by atoms with Crippen LogP contribution in [-0.4, -0.2) is 23.8 Å². The molecule has 0 radical (unpaired) electrons. The summed E-state index contributed by atoms with van der Waals surface area (Å²) in [5.41, 5.74) is 2.74. The zero-order valence-corrected chi connectivity index (χ0v) is 12.8. The van der Waals surface area contributed by atoms with Gasteiger partial charge in [-0.1, -0.05) is 52.2 Å². The highest BCUT2D eigenvalue weighted by molar-refractivity contribution is 6.58. The molecule has 4 heteroatoms. The lowest BCUT2D eigenvalue weighted by Crippen LogP contribution is -2.31. The van der Waals surface area contributed by atoms with Crippen molar-refractivity contribution in [2.24, 2.45) is 0 Å². The Hall–Kier alpha value is -0.995. The third-order valence-corrected chi connectivity index (χ3v) is 4.09. The first kappa shape index (κ1) is 15.4. The van der Waals surface area contributed by atoms with Crippen LogP contribution >= 0.6 is 0 Å². The zero-order valence-electron chi connectivity index (χ0n) is 12.8. The van der Waals surface area contributed by atoms with Crippen molar-refractivity contribution in [3.63, 3.8) is 0 Å². The fourth-order valence-corrected chi connectivity index (χ4v) is 2.79. The Bertz CT molecular complexity index is 469. The van der Waals surface area contributed by atoms with Crippen molar-refractivity contribution in [3.05, 3.63) is 23.3 Å². The Kier molecular flexibility index (Phi) is 4.76. The van der Waals surface area contributed by atoms with Crippen molar-refractivity contribution in [1.82, 2.24) is 0 Å². The molecule has 0 bridgehead atoms. The molecule has 1 aliphatic heterocycles. The summed E-state index contributed by atoms with van der Waals surface area (Å²) in [5.74, 6) is 0.968. The smallest absolute Gasteiger partial charge is 0.488 e. The Morgan fingerprint density at radius 2 is 1.95 bits per heavy atom. The second-order valence-corrected chi connectivity index (χ2v) is 6.41. The van der Waals surface area contributed by atoms with Crippen molar-refractivity contribution in [2.45, 2.75) is 58.3 Å². The van der Waals surface area contributed by atoms with E-state index in [0.29, 0.717) is 12.1 Å². The topological polar surface area (TPSA) is 49.7 Å². The van der Waals surface area contributed by atoms with Crippen molar-refractivity contribution >= 4 is 12.6 Å². The second-order valence-electron chi connectivity index (χ2n) is 6.41. The van der Waals surface area contributed by atoms with Crippen LogP contribution in [0, 0.1) is 0 Å². The number of aryl methyl sites for hydroxylation is 1. The number of ether oxygens (including phenoxy) is 1. The first-order valence-electron chi connectivity index (χ1n) is 7.62. The number of benzene rings is 1. The summed E-state index contributed by atoms with van der Waals surface area (Å²) in [7, 11) is -1.41. The predicted octanol–water partition coefficient (Wildman–Crippen LogP) is 2.16. The summed E-state index contributed by atoms with van der Waals surface area (Å²) in [6.07, 6.45) is 5.74. The summed E-state index contributed by atoms with van der Waals surface area (Å²) in [5, 5.41) is 18.9. The average Bonchev–Trinajstić information content (AvgIpc) is 2.70. The van der Waals surface area contributed by atoms with Crippen LogP contribution in [0.3, 0.4) is 0 Å². The minimum Gasteiger partial charge on any atom is -0.492 e. The van der Waals surface area contributed by atoms with Crippen LogP contribution < -0.4 is 10.2 Å². The number of hydrogen-bond donors (Lipinski definition) is 2. The minimum atomic E-state index is -1.41. The molecule has 2 rings (SSSR count). The number of fused-ring (bicyclic) bond motifs is 1. The molecular formula is C16H25BO3. The van der Waals surface area contributed by atoms with Gasteiger partial charge >= 0.3 is 7.12 Å². The van der Waals surface area contributed by atoms with E-state index in [2.05, 4.69) is 20.8 Å². The summed E-state index contributed by atoms with van der Waals surface area (Å²) >= 11 is 0. The molecule has 1 heterocycles. The van der Waals surface area contributed by atoms with E-state index in [0.717, 1.165) is 29.7 Å². The van der Waals surface area contributed by atoms with Gasteiger partial charge in [0.25, 0.3) is 0 Å². The Balaban J connectivity index is 2.26. The molecule has 1 aliphatic rings. The number of rotatable bonds is 6. The summed E-state index contributed by atoms with van der Waals surface area (Å²) < 4.78 is 5.87. The maximum Gasteiger partial charge on any atom is 0.488 e. The van der Waals surface area contributed by atoms with Gasteiger partial charge in [0.2, 0.25) is 0 Å². The molecule has 1 aromatic rings. The van der Waals surface area contributed by atoms with E-state index >= 15 is 0 Å². The highest BCUT2D eigenvalue weighted by Gasteiger charge is 2.34. The normalized spacial score (nSPS) is 15.8. The fraction of sp³-hybridized carbons (Fsp3) is 0.625. The molecule has 110 valence electrons. The molecule has 0 saturated carbocycles. The average molecular weight is 276 g/mol. The van der Waals surface area contributed by atoms with Crippen LogP contribution in [0.1, 0.15) is 57.6 Å². The highest BCUT2D eigenvalue weighted by atomic mass is 16.5. The Morgan fingerprint density at radius 3 is 2.60 bits per heavy atom. The SMILES string of the molecule is CCCCCCc1cc(B(O)O)cc2c1OCC2(C)C.